The van der Waals surface area contributed by atoms with Crippen LogP contribution in [-0.4, -0.2) is 56.9 Å². The molecule has 8 nitrogen and oxygen atoms in total. The number of nitrogens with zero attached hydrogens (tertiary/aromatic N) is 2. The van der Waals surface area contributed by atoms with E-state index in [-0.39, 0.29) is 30.4 Å². The summed E-state index contributed by atoms with van der Waals surface area (Å²) in [7, 11) is 0. The molecule has 176 valence electrons. The highest BCUT2D eigenvalue weighted by molar-refractivity contribution is 5.96. The van der Waals surface area contributed by atoms with Crippen LogP contribution in [0.5, 0.6) is 5.75 Å². The summed E-state index contributed by atoms with van der Waals surface area (Å²) in [6, 6.07) is 13.4. The summed E-state index contributed by atoms with van der Waals surface area (Å²) in [6.45, 7) is 3.62. The highest BCUT2D eigenvalue weighted by Crippen LogP contribution is 2.30. The fraction of sp³-hybridized carbons (Fsp3) is 0.400. The molecule has 0 bridgehead atoms. The Balaban J connectivity index is 1.87. The molecule has 5 N–H and O–H groups in total. The van der Waals surface area contributed by atoms with Gasteiger partial charge in [-0.15, -0.1) is 0 Å². The second-order valence-corrected chi connectivity index (χ2v) is 8.52. The van der Waals surface area contributed by atoms with Crippen molar-refractivity contribution in [2.24, 2.45) is 11.5 Å². The lowest BCUT2D eigenvalue weighted by Gasteiger charge is -2.35. The first kappa shape index (κ1) is 24.3. The van der Waals surface area contributed by atoms with Gasteiger partial charge in [0.2, 0.25) is 17.7 Å². The Morgan fingerprint density at radius 1 is 1.03 bits per heavy atom. The minimum atomic E-state index is -0.870. The summed E-state index contributed by atoms with van der Waals surface area (Å²) in [5.41, 5.74) is 13.7. The van der Waals surface area contributed by atoms with Gasteiger partial charge in [-0.25, -0.2) is 0 Å². The van der Waals surface area contributed by atoms with Gasteiger partial charge in [0.05, 0.1) is 6.04 Å². The third-order valence-electron chi connectivity index (χ3n) is 6.12. The summed E-state index contributed by atoms with van der Waals surface area (Å²) >= 11 is 0. The van der Waals surface area contributed by atoms with Crippen LogP contribution in [0.2, 0.25) is 0 Å². The summed E-state index contributed by atoms with van der Waals surface area (Å²) in [6.07, 6.45) is 1.15. The average Bonchev–Trinajstić information content (AvgIpc) is 3.03. The molecule has 0 spiro atoms. The van der Waals surface area contributed by atoms with Crippen LogP contribution in [-0.2, 0) is 27.2 Å². The van der Waals surface area contributed by atoms with Crippen LogP contribution in [0.4, 0.5) is 0 Å². The molecule has 33 heavy (non-hydrogen) atoms. The minimum Gasteiger partial charge on any atom is -0.508 e. The van der Waals surface area contributed by atoms with E-state index in [0.29, 0.717) is 12.8 Å². The van der Waals surface area contributed by atoms with E-state index >= 15 is 0 Å². The van der Waals surface area contributed by atoms with Crippen LogP contribution in [0.3, 0.4) is 0 Å². The second-order valence-electron chi connectivity index (χ2n) is 8.52. The molecule has 0 radical (unpaired) electrons. The summed E-state index contributed by atoms with van der Waals surface area (Å²) < 4.78 is 0. The number of carbonyl (C=O) groups excluding carboxylic acids is 3. The van der Waals surface area contributed by atoms with E-state index in [2.05, 4.69) is 0 Å². The fourth-order valence-corrected chi connectivity index (χ4v) is 4.45. The van der Waals surface area contributed by atoms with Crippen molar-refractivity contribution in [2.45, 2.75) is 63.8 Å². The van der Waals surface area contributed by atoms with Crippen LogP contribution in [0, 0.1) is 0 Å². The largest absolute Gasteiger partial charge is 0.508 e. The average molecular weight is 453 g/mol. The molecule has 1 saturated heterocycles. The Hall–Kier alpha value is -3.39. The zero-order valence-electron chi connectivity index (χ0n) is 19.1. The molecule has 1 aliphatic heterocycles. The minimum absolute atomic E-state index is 0.131. The number of nitrogens with two attached hydrogens (primary N) is 2. The zero-order valence-corrected chi connectivity index (χ0v) is 19.1. The molecule has 0 saturated carbocycles. The predicted molar refractivity (Wildman–Crippen MR) is 125 cm³/mol. The molecule has 3 rings (SSSR count). The second kappa shape index (κ2) is 10.5. The van der Waals surface area contributed by atoms with E-state index in [1.165, 1.54) is 21.9 Å². The van der Waals surface area contributed by atoms with Crippen molar-refractivity contribution in [2.75, 3.05) is 0 Å². The maximum atomic E-state index is 13.4. The van der Waals surface area contributed by atoms with E-state index in [1.807, 2.05) is 37.3 Å². The van der Waals surface area contributed by atoms with Crippen molar-refractivity contribution in [3.63, 3.8) is 0 Å². The van der Waals surface area contributed by atoms with Gasteiger partial charge in [0.15, 0.2) is 0 Å². The molecule has 1 aliphatic rings. The normalized spacial score (nSPS) is 20.0. The fourth-order valence-electron chi connectivity index (χ4n) is 4.45. The van der Waals surface area contributed by atoms with Crippen LogP contribution in [0.1, 0.15) is 37.8 Å². The van der Waals surface area contributed by atoms with Crippen molar-refractivity contribution >= 4 is 17.7 Å². The van der Waals surface area contributed by atoms with Crippen molar-refractivity contribution in [3.8, 4) is 5.75 Å². The number of carbonyl (C=O) groups is 3. The third kappa shape index (κ3) is 5.34. The van der Waals surface area contributed by atoms with Crippen LogP contribution >= 0.6 is 0 Å². The van der Waals surface area contributed by atoms with E-state index in [9.17, 15) is 19.5 Å². The maximum Gasteiger partial charge on any atom is 0.247 e. The highest BCUT2D eigenvalue weighted by atomic mass is 16.3. The molecule has 2 aromatic rings. The zero-order chi connectivity index (χ0) is 24.1. The number of primary amides is 1. The van der Waals surface area contributed by atoms with E-state index in [4.69, 9.17) is 11.5 Å². The lowest BCUT2D eigenvalue weighted by molar-refractivity contribution is -0.139. The van der Waals surface area contributed by atoms with E-state index < -0.39 is 30.2 Å². The molecular weight excluding hydrogens is 420 g/mol. The van der Waals surface area contributed by atoms with E-state index in [0.717, 1.165) is 11.1 Å². The third-order valence-corrected chi connectivity index (χ3v) is 6.12. The van der Waals surface area contributed by atoms with Crippen LogP contribution < -0.4 is 11.5 Å². The highest BCUT2D eigenvalue weighted by Gasteiger charge is 2.50. The molecular formula is C25H32N4O4. The Morgan fingerprint density at radius 3 is 2.21 bits per heavy atom. The van der Waals surface area contributed by atoms with Crippen LogP contribution in [0.25, 0.3) is 0 Å². The van der Waals surface area contributed by atoms with Crippen LogP contribution in [0.15, 0.2) is 54.6 Å². The van der Waals surface area contributed by atoms with Crippen molar-refractivity contribution in [1.82, 2.24) is 9.80 Å². The Kier molecular flexibility index (Phi) is 7.71. The standard InChI is InChI=1S/C25H32N4O4/c1-3-7-22-28(25(33)20(26)14-18-10-12-19(30)13-11-18)16(2)24(32)29(22)21(23(27)31)15-17-8-5-4-6-9-17/h4-6,8-13,16,20-22,30H,3,7,14-15,26H2,1-2H3,(H2,27,31)/t16-,20-,21-,22?/m0/s1. The van der Waals surface area contributed by atoms with Gasteiger partial charge in [-0.1, -0.05) is 55.8 Å². The number of hydrogen-bond acceptors (Lipinski definition) is 5. The first-order chi connectivity index (χ1) is 15.7. The molecule has 1 unspecified atom stereocenters. The molecule has 1 fully saturated rings. The monoisotopic (exact) mass is 452 g/mol. The van der Waals surface area contributed by atoms with Gasteiger partial charge in [-0.2, -0.15) is 0 Å². The van der Waals surface area contributed by atoms with E-state index in [1.54, 1.807) is 19.1 Å². The number of phenols is 1. The van der Waals surface area contributed by atoms with Gasteiger partial charge in [0.25, 0.3) is 0 Å². The summed E-state index contributed by atoms with van der Waals surface area (Å²) in [4.78, 5) is 42.2. The SMILES string of the molecule is CCCC1N(C(=O)[C@@H](N)Cc2ccc(O)cc2)[C@@H](C)C(=O)N1[C@@H](Cc1ccccc1)C(N)=O. The number of phenolic OH excluding ortho intramolecular Hbond substituents is 1. The molecule has 4 atom stereocenters. The molecule has 3 amide bonds. The maximum absolute atomic E-state index is 13.4. The number of rotatable bonds is 9. The summed E-state index contributed by atoms with van der Waals surface area (Å²) in [5.74, 6) is -1.14. The predicted octanol–water partition coefficient (Wildman–Crippen LogP) is 1.54. The van der Waals surface area contributed by atoms with Gasteiger partial charge in [-0.3, -0.25) is 14.4 Å². The van der Waals surface area contributed by atoms with Crippen molar-refractivity contribution in [1.29, 1.82) is 0 Å². The summed E-state index contributed by atoms with van der Waals surface area (Å²) in [5, 5.41) is 9.47. The Morgan fingerprint density at radius 2 is 1.64 bits per heavy atom. The lowest BCUT2D eigenvalue weighted by Crippen LogP contribution is -2.55. The topological polar surface area (TPSA) is 130 Å². The van der Waals surface area contributed by atoms with Gasteiger partial charge in [0, 0.05) is 6.42 Å². The first-order valence-corrected chi connectivity index (χ1v) is 11.3. The molecule has 8 heteroatoms. The quantitative estimate of drug-likeness (QED) is 0.531. The van der Waals surface area contributed by atoms with Gasteiger partial charge in [-0.05, 0) is 43.0 Å². The molecule has 1 heterocycles. The molecule has 0 aromatic heterocycles. The number of hydrogen-bond donors (Lipinski definition) is 3. The lowest BCUT2D eigenvalue weighted by atomic mass is 10.0. The Bertz CT molecular complexity index is 980. The number of amides is 3. The van der Waals surface area contributed by atoms with Gasteiger partial charge < -0.3 is 26.4 Å². The smallest absolute Gasteiger partial charge is 0.247 e. The number of aromatic hydroxyl groups is 1. The van der Waals surface area contributed by atoms with Gasteiger partial charge in [0.1, 0.15) is 24.0 Å². The van der Waals surface area contributed by atoms with Crippen molar-refractivity contribution in [3.05, 3.63) is 65.7 Å². The number of benzene rings is 2. The van der Waals surface area contributed by atoms with Gasteiger partial charge >= 0.3 is 0 Å². The van der Waals surface area contributed by atoms with Crippen molar-refractivity contribution < 1.29 is 19.5 Å². The Labute approximate surface area is 194 Å². The molecule has 2 aromatic carbocycles. The first-order valence-electron chi connectivity index (χ1n) is 11.3. The molecule has 0 aliphatic carbocycles.